The van der Waals surface area contributed by atoms with E-state index in [0.29, 0.717) is 24.8 Å². The van der Waals surface area contributed by atoms with Crippen molar-refractivity contribution >= 4 is 11.9 Å². The van der Waals surface area contributed by atoms with Gasteiger partial charge in [-0.05, 0) is 37.5 Å². The topological polar surface area (TPSA) is 52.7 Å². The molecule has 3 rings (SSSR count). The van der Waals surface area contributed by atoms with E-state index >= 15 is 0 Å². The number of amides is 3. The molecule has 1 atom stereocenters. The number of likely N-dealkylation sites (N-methyl/N-ethyl adjacent to an activating group) is 1. The molecule has 0 radical (unpaired) electrons. The molecule has 0 aromatic carbocycles. The summed E-state index contributed by atoms with van der Waals surface area (Å²) in [5.74, 6) is 1.55. The predicted octanol–water partition coefficient (Wildman–Crippen LogP) is 1.44. The zero-order valence-corrected chi connectivity index (χ0v) is 12.3. The Balaban J connectivity index is 1.52. The molecule has 20 heavy (non-hydrogen) atoms. The molecule has 5 nitrogen and oxygen atoms in total. The number of urea groups is 1. The number of carbonyl (C=O) groups excluding carboxylic acids is 2. The lowest BCUT2D eigenvalue weighted by molar-refractivity contribution is -0.126. The van der Waals surface area contributed by atoms with E-state index in [4.69, 9.17) is 0 Å². The summed E-state index contributed by atoms with van der Waals surface area (Å²) < 4.78 is 0. The standard InChI is InChI=1S/C15H25N3O2/c1-17-10-13(7-14(17)19)16-15(20)18(9-12-5-6-12)8-11-3-2-4-11/h11-13H,2-10H2,1H3,(H,16,20). The first kappa shape index (κ1) is 13.7. The van der Waals surface area contributed by atoms with Gasteiger partial charge in [-0.3, -0.25) is 4.79 Å². The minimum Gasteiger partial charge on any atom is -0.344 e. The lowest BCUT2D eigenvalue weighted by Crippen LogP contribution is -2.48. The third kappa shape index (κ3) is 3.25. The first-order chi connectivity index (χ1) is 9.61. The first-order valence-electron chi connectivity index (χ1n) is 7.91. The van der Waals surface area contributed by atoms with Gasteiger partial charge in [0, 0.05) is 33.1 Å². The van der Waals surface area contributed by atoms with Crippen molar-refractivity contribution in [1.29, 1.82) is 0 Å². The average molecular weight is 279 g/mol. The number of hydrogen-bond acceptors (Lipinski definition) is 2. The van der Waals surface area contributed by atoms with Crippen LogP contribution >= 0.6 is 0 Å². The molecule has 112 valence electrons. The third-order valence-electron chi connectivity index (χ3n) is 4.83. The van der Waals surface area contributed by atoms with E-state index in [-0.39, 0.29) is 18.0 Å². The van der Waals surface area contributed by atoms with Crippen LogP contribution in [0.4, 0.5) is 4.79 Å². The molecule has 3 amide bonds. The van der Waals surface area contributed by atoms with Crippen molar-refractivity contribution in [2.75, 3.05) is 26.7 Å². The van der Waals surface area contributed by atoms with Gasteiger partial charge in [0.25, 0.3) is 0 Å². The van der Waals surface area contributed by atoms with Crippen molar-refractivity contribution in [2.45, 2.75) is 44.6 Å². The highest BCUT2D eigenvalue weighted by molar-refractivity contribution is 5.81. The van der Waals surface area contributed by atoms with Crippen LogP contribution in [-0.4, -0.2) is 54.5 Å². The fourth-order valence-corrected chi connectivity index (χ4v) is 3.07. The van der Waals surface area contributed by atoms with Crippen molar-refractivity contribution in [3.05, 3.63) is 0 Å². The van der Waals surface area contributed by atoms with Crippen LogP contribution in [0.15, 0.2) is 0 Å². The monoisotopic (exact) mass is 279 g/mol. The Morgan fingerprint density at radius 1 is 1.25 bits per heavy atom. The van der Waals surface area contributed by atoms with Crippen LogP contribution in [0.2, 0.25) is 0 Å². The highest BCUT2D eigenvalue weighted by Crippen LogP contribution is 2.32. The zero-order chi connectivity index (χ0) is 14.1. The molecule has 5 heteroatoms. The normalized spacial score (nSPS) is 26.6. The van der Waals surface area contributed by atoms with Gasteiger partial charge < -0.3 is 15.1 Å². The van der Waals surface area contributed by atoms with Crippen LogP contribution in [0.3, 0.4) is 0 Å². The Kier molecular flexibility index (Phi) is 3.85. The van der Waals surface area contributed by atoms with E-state index in [1.807, 2.05) is 4.90 Å². The van der Waals surface area contributed by atoms with Gasteiger partial charge in [0.05, 0.1) is 6.04 Å². The van der Waals surface area contributed by atoms with Crippen LogP contribution in [0.5, 0.6) is 0 Å². The van der Waals surface area contributed by atoms with Crippen molar-refractivity contribution in [3.63, 3.8) is 0 Å². The van der Waals surface area contributed by atoms with E-state index < -0.39 is 0 Å². The molecule has 1 heterocycles. The first-order valence-corrected chi connectivity index (χ1v) is 7.91. The second kappa shape index (κ2) is 5.62. The second-order valence-corrected chi connectivity index (χ2v) is 6.77. The molecule has 3 aliphatic rings. The lowest BCUT2D eigenvalue weighted by atomic mass is 9.85. The summed E-state index contributed by atoms with van der Waals surface area (Å²) in [5.41, 5.74) is 0. The molecule has 1 unspecified atom stereocenters. The summed E-state index contributed by atoms with van der Waals surface area (Å²) in [4.78, 5) is 27.7. The van der Waals surface area contributed by atoms with Gasteiger partial charge in [0.1, 0.15) is 0 Å². The molecule has 0 aromatic heterocycles. The molecule has 1 aliphatic heterocycles. The van der Waals surface area contributed by atoms with Crippen LogP contribution < -0.4 is 5.32 Å². The molecular formula is C15H25N3O2. The summed E-state index contributed by atoms with van der Waals surface area (Å²) in [6, 6.07) is 0.0278. The molecule has 2 aliphatic carbocycles. The molecule has 1 saturated heterocycles. The number of likely N-dealkylation sites (tertiary alicyclic amines) is 1. The number of carbonyl (C=O) groups is 2. The van der Waals surface area contributed by atoms with Crippen molar-refractivity contribution in [1.82, 2.24) is 15.1 Å². The van der Waals surface area contributed by atoms with Crippen LogP contribution in [0.25, 0.3) is 0 Å². The van der Waals surface area contributed by atoms with E-state index in [2.05, 4.69) is 5.32 Å². The van der Waals surface area contributed by atoms with Gasteiger partial charge in [-0.15, -0.1) is 0 Å². The fourth-order valence-electron chi connectivity index (χ4n) is 3.07. The number of hydrogen-bond donors (Lipinski definition) is 1. The van der Waals surface area contributed by atoms with E-state index in [1.54, 1.807) is 11.9 Å². The van der Waals surface area contributed by atoms with Gasteiger partial charge in [-0.25, -0.2) is 4.79 Å². The molecule has 0 aromatic rings. The van der Waals surface area contributed by atoms with Gasteiger partial charge in [-0.1, -0.05) is 6.42 Å². The fraction of sp³-hybridized carbons (Fsp3) is 0.867. The van der Waals surface area contributed by atoms with Gasteiger partial charge in [0.15, 0.2) is 0 Å². The molecule has 0 bridgehead atoms. The van der Waals surface area contributed by atoms with Crippen molar-refractivity contribution in [3.8, 4) is 0 Å². The van der Waals surface area contributed by atoms with Crippen molar-refractivity contribution in [2.24, 2.45) is 11.8 Å². The summed E-state index contributed by atoms with van der Waals surface area (Å²) >= 11 is 0. The highest BCUT2D eigenvalue weighted by atomic mass is 16.2. The van der Waals surface area contributed by atoms with Gasteiger partial charge in [0.2, 0.25) is 5.91 Å². The number of nitrogens with zero attached hydrogens (tertiary/aromatic N) is 2. The summed E-state index contributed by atoms with van der Waals surface area (Å²) in [6.45, 7) is 2.45. The Hall–Kier alpha value is -1.26. The Morgan fingerprint density at radius 3 is 2.35 bits per heavy atom. The van der Waals surface area contributed by atoms with E-state index in [9.17, 15) is 9.59 Å². The van der Waals surface area contributed by atoms with Crippen LogP contribution in [-0.2, 0) is 4.79 Å². The maximum absolute atomic E-state index is 12.4. The highest BCUT2D eigenvalue weighted by Gasteiger charge is 2.33. The predicted molar refractivity (Wildman–Crippen MR) is 76.2 cm³/mol. The largest absolute Gasteiger partial charge is 0.344 e. The van der Waals surface area contributed by atoms with E-state index in [0.717, 1.165) is 13.1 Å². The second-order valence-electron chi connectivity index (χ2n) is 6.77. The Bertz CT molecular complexity index is 391. The summed E-state index contributed by atoms with van der Waals surface area (Å²) in [5, 5.41) is 3.05. The summed E-state index contributed by atoms with van der Waals surface area (Å²) in [6.07, 6.45) is 6.81. The third-order valence-corrected chi connectivity index (χ3v) is 4.83. The molecule has 1 N–H and O–H groups in total. The molecule has 3 fully saturated rings. The maximum atomic E-state index is 12.4. The smallest absolute Gasteiger partial charge is 0.317 e. The van der Waals surface area contributed by atoms with Gasteiger partial charge in [-0.2, -0.15) is 0 Å². The quantitative estimate of drug-likeness (QED) is 0.828. The minimum absolute atomic E-state index is 0.0110. The van der Waals surface area contributed by atoms with E-state index in [1.165, 1.54) is 32.1 Å². The van der Waals surface area contributed by atoms with Crippen molar-refractivity contribution < 1.29 is 9.59 Å². The molecule has 0 spiro atoms. The van der Waals surface area contributed by atoms with Crippen LogP contribution in [0, 0.1) is 11.8 Å². The number of nitrogens with one attached hydrogen (secondary N) is 1. The molecule has 2 saturated carbocycles. The zero-order valence-electron chi connectivity index (χ0n) is 12.3. The Labute approximate surface area is 120 Å². The SMILES string of the molecule is CN1CC(NC(=O)N(CC2CCC2)CC2CC2)CC1=O. The molecular weight excluding hydrogens is 254 g/mol. The summed E-state index contributed by atoms with van der Waals surface area (Å²) in [7, 11) is 1.80. The van der Waals surface area contributed by atoms with Crippen LogP contribution in [0.1, 0.15) is 38.5 Å². The lowest BCUT2D eigenvalue weighted by Gasteiger charge is -2.33. The van der Waals surface area contributed by atoms with Gasteiger partial charge >= 0.3 is 6.03 Å². The minimum atomic E-state index is -0.0110. The average Bonchev–Trinajstić information content (AvgIpc) is 3.10. The number of rotatable bonds is 5. The Morgan fingerprint density at radius 2 is 1.90 bits per heavy atom. The maximum Gasteiger partial charge on any atom is 0.317 e.